The van der Waals surface area contributed by atoms with Crippen LogP contribution < -0.4 is 0 Å². The van der Waals surface area contributed by atoms with E-state index in [0.717, 1.165) is 15.6 Å². The van der Waals surface area contributed by atoms with Gasteiger partial charge in [-0.1, -0.05) is 22.0 Å². The second kappa shape index (κ2) is 5.27. The van der Waals surface area contributed by atoms with E-state index in [-0.39, 0.29) is 0 Å². The highest BCUT2D eigenvalue weighted by molar-refractivity contribution is 9.10. The van der Waals surface area contributed by atoms with Crippen LogP contribution >= 0.6 is 15.9 Å². The lowest BCUT2D eigenvalue weighted by atomic mass is 10.2. The SMILES string of the molecule is Brc1ccc(-c2nnn(Cc3cccnc3)n2)cc1. The molecule has 19 heavy (non-hydrogen) atoms. The Bertz CT molecular complexity index is 663. The highest BCUT2D eigenvalue weighted by Crippen LogP contribution is 2.17. The third-order valence-electron chi connectivity index (χ3n) is 2.60. The summed E-state index contributed by atoms with van der Waals surface area (Å²) in [4.78, 5) is 5.62. The third-order valence-corrected chi connectivity index (χ3v) is 3.13. The predicted octanol–water partition coefficient (Wildman–Crippen LogP) is 2.55. The average Bonchev–Trinajstić information content (AvgIpc) is 2.89. The van der Waals surface area contributed by atoms with Crippen LogP contribution in [0.15, 0.2) is 53.3 Å². The van der Waals surface area contributed by atoms with Crippen LogP contribution in [-0.4, -0.2) is 25.2 Å². The van der Waals surface area contributed by atoms with E-state index in [9.17, 15) is 0 Å². The first-order valence-electron chi connectivity index (χ1n) is 5.74. The molecule has 0 saturated heterocycles. The molecular weight excluding hydrogens is 306 g/mol. The Kier molecular flexibility index (Phi) is 3.33. The average molecular weight is 316 g/mol. The van der Waals surface area contributed by atoms with Crippen molar-refractivity contribution in [1.29, 1.82) is 0 Å². The van der Waals surface area contributed by atoms with Crippen LogP contribution in [0.5, 0.6) is 0 Å². The van der Waals surface area contributed by atoms with Crippen molar-refractivity contribution in [2.75, 3.05) is 0 Å². The molecule has 94 valence electrons. The van der Waals surface area contributed by atoms with Crippen molar-refractivity contribution in [3.05, 3.63) is 58.8 Å². The molecule has 0 aliphatic rings. The summed E-state index contributed by atoms with van der Waals surface area (Å²) in [6, 6.07) is 11.7. The van der Waals surface area contributed by atoms with E-state index in [0.29, 0.717) is 12.4 Å². The maximum absolute atomic E-state index is 4.36. The number of hydrogen-bond acceptors (Lipinski definition) is 4. The number of tetrazole rings is 1. The first kappa shape index (κ1) is 12.0. The molecule has 1 aromatic carbocycles. The second-order valence-corrected chi connectivity index (χ2v) is 4.93. The van der Waals surface area contributed by atoms with Crippen LogP contribution in [0.2, 0.25) is 0 Å². The van der Waals surface area contributed by atoms with Crippen molar-refractivity contribution in [2.45, 2.75) is 6.54 Å². The topological polar surface area (TPSA) is 56.5 Å². The van der Waals surface area contributed by atoms with E-state index in [2.05, 4.69) is 36.3 Å². The van der Waals surface area contributed by atoms with Crippen molar-refractivity contribution in [3.63, 3.8) is 0 Å². The van der Waals surface area contributed by atoms with Gasteiger partial charge in [0.05, 0.1) is 6.54 Å². The van der Waals surface area contributed by atoms with Gasteiger partial charge in [-0.3, -0.25) is 4.98 Å². The Hall–Kier alpha value is -2.08. The largest absolute Gasteiger partial charge is 0.264 e. The molecule has 6 heteroatoms. The van der Waals surface area contributed by atoms with Gasteiger partial charge in [0.1, 0.15) is 0 Å². The molecule has 0 amide bonds. The lowest BCUT2D eigenvalue weighted by molar-refractivity contribution is 0.572. The fraction of sp³-hybridized carbons (Fsp3) is 0.0769. The summed E-state index contributed by atoms with van der Waals surface area (Å²) >= 11 is 3.40. The summed E-state index contributed by atoms with van der Waals surface area (Å²) in [6.45, 7) is 0.567. The minimum atomic E-state index is 0.567. The van der Waals surface area contributed by atoms with Crippen LogP contribution in [-0.2, 0) is 6.54 Å². The Labute approximate surface area is 118 Å². The lowest BCUT2D eigenvalue weighted by Crippen LogP contribution is -2.04. The van der Waals surface area contributed by atoms with Crippen molar-refractivity contribution < 1.29 is 0 Å². The first-order chi connectivity index (χ1) is 9.31. The summed E-state index contributed by atoms with van der Waals surface area (Å²) in [5.74, 6) is 0.622. The van der Waals surface area contributed by atoms with Gasteiger partial charge in [-0.15, -0.1) is 10.2 Å². The first-order valence-corrected chi connectivity index (χ1v) is 6.53. The van der Waals surface area contributed by atoms with Gasteiger partial charge in [0.15, 0.2) is 0 Å². The minimum Gasteiger partial charge on any atom is -0.264 e. The van der Waals surface area contributed by atoms with Crippen LogP contribution in [0, 0.1) is 0 Å². The van der Waals surface area contributed by atoms with Gasteiger partial charge in [0, 0.05) is 22.4 Å². The molecule has 0 unspecified atom stereocenters. The minimum absolute atomic E-state index is 0.567. The predicted molar refractivity (Wildman–Crippen MR) is 74.3 cm³/mol. The Morgan fingerprint density at radius 2 is 1.95 bits per heavy atom. The molecule has 0 fully saturated rings. The Morgan fingerprint density at radius 3 is 2.68 bits per heavy atom. The number of rotatable bonds is 3. The molecule has 0 aliphatic heterocycles. The number of pyridine rings is 1. The quantitative estimate of drug-likeness (QED) is 0.745. The third kappa shape index (κ3) is 2.85. The van der Waals surface area contributed by atoms with Crippen LogP contribution in [0.1, 0.15) is 5.56 Å². The van der Waals surface area contributed by atoms with Gasteiger partial charge in [-0.2, -0.15) is 4.80 Å². The van der Waals surface area contributed by atoms with E-state index in [1.165, 1.54) is 0 Å². The zero-order valence-electron chi connectivity index (χ0n) is 9.94. The van der Waals surface area contributed by atoms with E-state index in [1.54, 1.807) is 17.2 Å². The van der Waals surface area contributed by atoms with Crippen LogP contribution in [0.25, 0.3) is 11.4 Å². The van der Waals surface area contributed by atoms with Crippen LogP contribution in [0.4, 0.5) is 0 Å². The Balaban J connectivity index is 1.82. The number of aromatic nitrogens is 5. The zero-order valence-corrected chi connectivity index (χ0v) is 11.5. The molecule has 2 heterocycles. The molecule has 3 aromatic rings. The highest BCUT2D eigenvalue weighted by Gasteiger charge is 2.06. The smallest absolute Gasteiger partial charge is 0.204 e. The van der Waals surface area contributed by atoms with Gasteiger partial charge in [0.2, 0.25) is 5.82 Å². The molecular formula is C13H10BrN5. The summed E-state index contributed by atoms with van der Waals surface area (Å²) in [5.41, 5.74) is 1.99. The normalized spacial score (nSPS) is 10.6. The molecule has 2 aromatic heterocycles. The fourth-order valence-corrected chi connectivity index (χ4v) is 1.94. The number of nitrogens with zero attached hydrogens (tertiary/aromatic N) is 5. The molecule has 0 N–H and O–H groups in total. The molecule has 0 aliphatic carbocycles. The monoisotopic (exact) mass is 315 g/mol. The Morgan fingerprint density at radius 1 is 1.11 bits per heavy atom. The molecule has 5 nitrogen and oxygen atoms in total. The standard InChI is InChI=1S/C13H10BrN5/c14-12-5-3-11(4-6-12)13-16-18-19(17-13)9-10-2-1-7-15-8-10/h1-8H,9H2. The van der Waals surface area contributed by atoms with Gasteiger partial charge >= 0.3 is 0 Å². The molecule has 0 radical (unpaired) electrons. The molecule has 0 bridgehead atoms. The van der Waals surface area contributed by atoms with Gasteiger partial charge in [-0.25, -0.2) is 0 Å². The molecule has 0 spiro atoms. The zero-order chi connectivity index (χ0) is 13.1. The summed E-state index contributed by atoms with van der Waals surface area (Å²) < 4.78 is 1.03. The second-order valence-electron chi connectivity index (χ2n) is 4.01. The van der Waals surface area contributed by atoms with E-state index < -0.39 is 0 Å². The fourth-order valence-electron chi connectivity index (χ4n) is 1.68. The van der Waals surface area contributed by atoms with Crippen molar-refractivity contribution >= 4 is 15.9 Å². The lowest BCUT2D eigenvalue weighted by Gasteiger charge is -1.97. The maximum Gasteiger partial charge on any atom is 0.204 e. The van der Waals surface area contributed by atoms with Crippen molar-refractivity contribution in [2.24, 2.45) is 0 Å². The van der Waals surface area contributed by atoms with Gasteiger partial charge < -0.3 is 0 Å². The highest BCUT2D eigenvalue weighted by atomic mass is 79.9. The van der Waals surface area contributed by atoms with Crippen LogP contribution in [0.3, 0.4) is 0 Å². The van der Waals surface area contributed by atoms with Gasteiger partial charge in [0.25, 0.3) is 0 Å². The van der Waals surface area contributed by atoms with Crippen molar-refractivity contribution in [3.8, 4) is 11.4 Å². The van der Waals surface area contributed by atoms with E-state index in [4.69, 9.17) is 0 Å². The molecule has 0 atom stereocenters. The summed E-state index contributed by atoms with van der Waals surface area (Å²) in [6.07, 6.45) is 3.54. The number of hydrogen-bond donors (Lipinski definition) is 0. The molecule has 0 saturated carbocycles. The maximum atomic E-state index is 4.36. The van der Waals surface area contributed by atoms with E-state index in [1.807, 2.05) is 36.4 Å². The molecule has 3 rings (SSSR count). The summed E-state index contributed by atoms with van der Waals surface area (Å²) in [5, 5.41) is 12.5. The number of benzene rings is 1. The van der Waals surface area contributed by atoms with Gasteiger partial charge in [-0.05, 0) is 41.1 Å². The summed E-state index contributed by atoms with van der Waals surface area (Å²) in [7, 11) is 0. The van der Waals surface area contributed by atoms with Crippen molar-refractivity contribution in [1.82, 2.24) is 25.2 Å². The van der Waals surface area contributed by atoms with E-state index >= 15 is 0 Å². The number of halogens is 1.